The molecule has 1 aliphatic rings. The number of nitrogens with two attached hydrogens (primary N) is 1. The predicted octanol–water partition coefficient (Wildman–Crippen LogP) is 3.46. The number of nitrogens with one attached hydrogen (secondary N) is 1. The zero-order valence-electron chi connectivity index (χ0n) is 12.7. The summed E-state index contributed by atoms with van der Waals surface area (Å²) in [4.78, 5) is 10.5. The third-order valence-corrected chi connectivity index (χ3v) is 3.95. The van der Waals surface area contributed by atoms with Crippen LogP contribution in [-0.4, -0.2) is 23.1 Å². The summed E-state index contributed by atoms with van der Waals surface area (Å²) in [6, 6.07) is 3.19. The van der Waals surface area contributed by atoms with Crippen LogP contribution in [0.2, 0.25) is 0 Å². The predicted molar refractivity (Wildman–Crippen MR) is 86.8 cm³/mol. The van der Waals surface area contributed by atoms with Crippen LogP contribution in [0.25, 0.3) is 0 Å². The van der Waals surface area contributed by atoms with Crippen molar-refractivity contribution in [1.29, 1.82) is 0 Å². The van der Waals surface area contributed by atoms with E-state index in [1.54, 1.807) is 0 Å². The summed E-state index contributed by atoms with van der Waals surface area (Å²) in [5, 5.41) is 2.76. The van der Waals surface area contributed by atoms with Crippen molar-refractivity contribution in [3.05, 3.63) is 36.2 Å². The van der Waals surface area contributed by atoms with E-state index < -0.39 is 11.6 Å². The molecule has 1 aromatic heterocycles. The molecule has 0 amide bonds. The van der Waals surface area contributed by atoms with Crippen LogP contribution < -0.4 is 16.0 Å². The Labute approximate surface area is 133 Å². The SMILES string of the molecule is Nc1c(Nc2cc(F)ccc2F)ncnc1N1CCCCCC1. The summed E-state index contributed by atoms with van der Waals surface area (Å²) < 4.78 is 27.1. The molecule has 1 aromatic carbocycles. The fourth-order valence-corrected chi connectivity index (χ4v) is 2.74. The summed E-state index contributed by atoms with van der Waals surface area (Å²) in [7, 11) is 0. The molecule has 5 nitrogen and oxygen atoms in total. The zero-order valence-corrected chi connectivity index (χ0v) is 12.7. The van der Waals surface area contributed by atoms with E-state index in [1.807, 2.05) is 0 Å². The third-order valence-electron chi connectivity index (χ3n) is 3.95. The Balaban J connectivity index is 1.88. The Morgan fingerprint density at radius 2 is 1.78 bits per heavy atom. The lowest BCUT2D eigenvalue weighted by molar-refractivity contribution is 0.603. The van der Waals surface area contributed by atoms with Crippen molar-refractivity contribution in [3.63, 3.8) is 0 Å². The maximum absolute atomic E-state index is 13.8. The fraction of sp³-hybridized carbons (Fsp3) is 0.375. The van der Waals surface area contributed by atoms with Gasteiger partial charge in [-0.15, -0.1) is 0 Å². The monoisotopic (exact) mass is 319 g/mol. The summed E-state index contributed by atoms with van der Waals surface area (Å²) in [6.45, 7) is 1.77. The van der Waals surface area contributed by atoms with Crippen LogP contribution in [0.15, 0.2) is 24.5 Å². The first-order valence-electron chi connectivity index (χ1n) is 7.72. The molecule has 3 rings (SSSR count). The van der Waals surface area contributed by atoms with Crippen molar-refractivity contribution in [2.75, 3.05) is 29.0 Å². The number of rotatable bonds is 3. The Bertz CT molecular complexity index is 684. The number of hydrogen-bond acceptors (Lipinski definition) is 5. The summed E-state index contributed by atoms with van der Waals surface area (Å²) in [6.07, 6.45) is 5.95. The van der Waals surface area contributed by atoms with Gasteiger partial charge in [-0.1, -0.05) is 12.8 Å². The number of nitrogens with zero attached hydrogens (tertiary/aromatic N) is 3. The van der Waals surface area contributed by atoms with E-state index in [0.29, 0.717) is 11.5 Å². The van der Waals surface area contributed by atoms with Gasteiger partial charge in [-0.3, -0.25) is 0 Å². The van der Waals surface area contributed by atoms with Crippen molar-refractivity contribution in [2.24, 2.45) is 0 Å². The Hall–Kier alpha value is -2.44. The largest absolute Gasteiger partial charge is 0.393 e. The minimum absolute atomic E-state index is 0.00258. The second kappa shape index (κ2) is 6.76. The summed E-state index contributed by atoms with van der Waals surface area (Å²) in [5.74, 6) is -0.181. The molecule has 122 valence electrons. The molecule has 0 bridgehead atoms. The lowest BCUT2D eigenvalue weighted by Crippen LogP contribution is -2.26. The Morgan fingerprint density at radius 1 is 1.04 bits per heavy atom. The minimum Gasteiger partial charge on any atom is -0.393 e. The molecule has 0 aliphatic carbocycles. The Kier molecular flexibility index (Phi) is 4.55. The molecule has 1 fully saturated rings. The van der Waals surface area contributed by atoms with Gasteiger partial charge < -0.3 is 16.0 Å². The molecule has 0 radical (unpaired) electrons. The number of aromatic nitrogens is 2. The van der Waals surface area contributed by atoms with E-state index in [-0.39, 0.29) is 11.5 Å². The molecule has 0 saturated carbocycles. The van der Waals surface area contributed by atoms with Crippen LogP contribution in [-0.2, 0) is 0 Å². The van der Waals surface area contributed by atoms with Crippen molar-refractivity contribution in [2.45, 2.75) is 25.7 Å². The Morgan fingerprint density at radius 3 is 2.52 bits per heavy atom. The maximum Gasteiger partial charge on any atom is 0.159 e. The highest BCUT2D eigenvalue weighted by atomic mass is 19.1. The van der Waals surface area contributed by atoms with Gasteiger partial charge in [-0.2, -0.15) is 0 Å². The number of anilines is 4. The normalized spacial score (nSPS) is 15.3. The molecule has 1 aliphatic heterocycles. The van der Waals surface area contributed by atoms with Crippen molar-refractivity contribution in [3.8, 4) is 0 Å². The highest BCUT2D eigenvalue weighted by Gasteiger charge is 2.17. The second-order valence-corrected chi connectivity index (χ2v) is 5.61. The molecule has 1 saturated heterocycles. The van der Waals surface area contributed by atoms with Crippen molar-refractivity contribution < 1.29 is 8.78 Å². The summed E-state index contributed by atoms with van der Waals surface area (Å²) in [5.41, 5.74) is 6.50. The highest BCUT2D eigenvalue weighted by molar-refractivity contribution is 5.78. The van der Waals surface area contributed by atoms with Gasteiger partial charge in [0.2, 0.25) is 0 Å². The maximum atomic E-state index is 13.8. The van der Waals surface area contributed by atoms with Gasteiger partial charge in [-0.05, 0) is 25.0 Å². The number of halogens is 2. The quantitative estimate of drug-likeness (QED) is 0.907. The molecule has 2 heterocycles. The smallest absolute Gasteiger partial charge is 0.159 e. The van der Waals surface area contributed by atoms with Gasteiger partial charge in [-0.25, -0.2) is 18.7 Å². The first-order chi connectivity index (χ1) is 11.1. The lowest BCUT2D eigenvalue weighted by Gasteiger charge is -2.23. The second-order valence-electron chi connectivity index (χ2n) is 5.61. The fourth-order valence-electron chi connectivity index (χ4n) is 2.74. The van der Waals surface area contributed by atoms with Crippen LogP contribution in [0.4, 0.5) is 31.8 Å². The number of nitrogen functional groups attached to an aromatic ring is 1. The van der Waals surface area contributed by atoms with Gasteiger partial charge in [0, 0.05) is 19.2 Å². The third kappa shape index (κ3) is 3.49. The standard InChI is InChI=1S/C16H19F2N5/c17-11-5-6-12(18)13(9-11)22-15-14(19)16(21-10-20-15)23-7-3-1-2-4-8-23/h5-6,9-10H,1-4,7-8,19H2,(H,20,21,22). The molecule has 0 unspecified atom stereocenters. The molecule has 23 heavy (non-hydrogen) atoms. The average Bonchev–Trinajstić information content (AvgIpc) is 2.82. The molecular formula is C16H19F2N5. The molecule has 0 spiro atoms. The zero-order chi connectivity index (χ0) is 16.2. The van der Waals surface area contributed by atoms with Gasteiger partial charge in [0.05, 0.1) is 5.69 Å². The average molecular weight is 319 g/mol. The van der Waals surface area contributed by atoms with Gasteiger partial charge in [0.1, 0.15) is 23.6 Å². The summed E-state index contributed by atoms with van der Waals surface area (Å²) >= 11 is 0. The van der Waals surface area contributed by atoms with Crippen LogP contribution in [0.1, 0.15) is 25.7 Å². The van der Waals surface area contributed by atoms with E-state index in [9.17, 15) is 8.78 Å². The van der Waals surface area contributed by atoms with Gasteiger partial charge in [0.15, 0.2) is 11.6 Å². The highest BCUT2D eigenvalue weighted by Crippen LogP contribution is 2.30. The molecular weight excluding hydrogens is 300 g/mol. The van der Waals surface area contributed by atoms with E-state index in [0.717, 1.165) is 44.1 Å². The number of benzene rings is 1. The van der Waals surface area contributed by atoms with Crippen molar-refractivity contribution in [1.82, 2.24) is 9.97 Å². The van der Waals surface area contributed by atoms with Crippen LogP contribution in [0.3, 0.4) is 0 Å². The van der Waals surface area contributed by atoms with Crippen LogP contribution >= 0.6 is 0 Å². The first kappa shape index (κ1) is 15.5. The molecule has 7 heteroatoms. The van der Waals surface area contributed by atoms with E-state index in [1.165, 1.54) is 19.2 Å². The van der Waals surface area contributed by atoms with Crippen LogP contribution in [0, 0.1) is 11.6 Å². The van der Waals surface area contributed by atoms with Gasteiger partial charge in [0.25, 0.3) is 0 Å². The number of hydrogen-bond donors (Lipinski definition) is 2. The topological polar surface area (TPSA) is 67.1 Å². The lowest BCUT2D eigenvalue weighted by atomic mass is 10.2. The minimum atomic E-state index is -0.569. The first-order valence-corrected chi connectivity index (χ1v) is 7.72. The van der Waals surface area contributed by atoms with Crippen molar-refractivity contribution >= 4 is 23.0 Å². The van der Waals surface area contributed by atoms with E-state index in [2.05, 4.69) is 20.2 Å². The van der Waals surface area contributed by atoms with Crippen LogP contribution in [0.5, 0.6) is 0 Å². The van der Waals surface area contributed by atoms with E-state index in [4.69, 9.17) is 5.73 Å². The molecule has 2 aromatic rings. The molecule has 3 N–H and O–H groups in total. The molecule has 0 atom stereocenters. The van der Waals surface area contributed by atoms with E-state index >= 15 is 0 Å². The van der Waals surface area contributed by atoms with Gasteiger partial charge >= 0.3 is 0 Å².